The molecular formula is C24H31N3O4. The Morgan fingerprint density at radius 3 is 2.71 bits per heavy atom. The van der Waals surface area contributed by atoms with E-state index in [4.69, 9.17) is 9.47 Å². The molecule has 0 spiro atoms. The number of ether oxygens (including phenoxy) is 2. The molecule has 3 rings (SSSR count). The van der Waals surface area contributed by atoms with Crippen molar-refractivity contribution >= 4 is 11.8 Å². The largest absolute Gasteiger partial charge is 0.497 e. The van der Waals surface area contributed by atoms with Gasteiger partial charge in [0.25, 0.3) is 0 Å². The predicted octanol–water partition coefficient (Wildman–Crippen LogP) is 2.54. The highest BCUT2D eigenvalue weighted by Gasteiger charge is 2.31. The van der Waals surface area contributed by atoms with E-state index in [1.165, 1.54) is 0 Å². The second-order valence-electron chi connectivity index (χ2n) is 8.29. The molecule has 7 nitrogen and oxygen atoms in total. The maximum Gasteiger partial charge on any atom is 0.242 e. The van der Waals surface area contributed by atoms with Crippen molar-refractivity contribution in [2.45, 2.75) is 33.0 Å². The normalized spacial score (nSPS) is 17.0. The Bertz CT molecular complexity index is 872. The second kappa shape index (κ2) is 10.9. The molecule has 1 saturated heterocycles. The van der Waals surface area contributed by atoms with Crippen LogP contribution in [0.5, 0.6) is 5.75 Å². The first-order valence-corrected chi connectivity index (χ1v) is 10.6. The topological polar surface area (TPSA) is 72.0 Å². The summed E-state index contributed by atoms with van der Waals surface area (Å²) in [5, 5.41) is 0. The smallest absolute Gasteiger partial charge is 0.242 e. The number of hydrogen-bond donors (Lipinski definition) is 0. The van der Waals surface area contributed by atoms with Crippen LogP contribution in [0.3, 0.4) is 0 Å². The Morgan fingerprint density at radius 2 is 2.00 bits per heavy atom. The standard InChI is InChI=1S/C24H31N3O4/c1-18(2)13-26-14-22(31-17-20-7-5-9-25-12-20)15-27(16-24(26)29)23(28)11-19-6-4-8-21(10-19)30-3/h4-10,12,18,22H,11,13-17H2,1-3H3. The molecule has 31 heavy (non-hydrogen) atoms. The Hall–Kier alpha value is -2.93. The monoisotopic (exact) mass is 425 g/mol. The van der Waals surface area contributed by atoms with E-state index in [1.807, 2.05) is 41.3 Å². The van der Waals surface area contributed by atoms with Crippen molar-refractivity contribution in [3.8, 4) is 5.75 Å². The molecule has 2 amide bonds. The fraction of sp³-hybridized carbons (Fsp3) is 0.458. The lowest BCUT2D eigenvalue weighted by Crippen LogP contribution is -2.41. The molecule has 0 N–H and O–H groups in total. The zero-order valence-corrected chi connectivity index (χ0v) is 18.5. The highest BCUT2D eigenvalue weighted by atomic mass is 16.5. The summed E-state index contributed by atoms with van der Waals surface area (Å²) in [6.07, 6.45) is 3.43. The minimum absolute atomic E-state index is 0.0415. The van der Waals surface area contributed by atoms with Crippen LogP contribution in [0.1, 0.15) is 25.0 Å². The van der Waals surface area contributed by atoms with Gasteiger partial charge in [-0.2, -0.15) is 0 Å². The van der Waals surface area contributed by atoms with Gasteiger partial charge in [0.15, 0.2) is 0 Å². The average molecular weight is 426 g/mol. The summed E-state index contributed by atoms with van der Waals surface area (Å²) >= 11 is 0. The third-order valence-corrected chi connectivity index (χ3v) is 5.16. The number of amides is 2. The van der Waals surface area contributed by atoms with Crippen LogP contribution in [0.25, 0.3) is 0 Å². The van der Waals surface area contributed by atoms with E-state index in [9.17, 15) is 9.59 Å². The zero-order chi connectivity index (χ0) is 22.2. The summed E-state index contributed by atoms with van der Waals surface area (Å²) in [5.41, 5.74) is 1.82. The van der Waals surface area contributed by atoms with Gasteiger partial charge in [0.1, 0.15) is 5.75 Å². The average Bonchev–Trinajstić information content (AvgIpc) is 2.91. The van der Waals surface area contributed by atoms with Crippen LogP contribution >= 0.6 is 0 Å². The van der Waals surface area contributed by atoms with Crippen molar-refractivity contribution in [3.63, 3.8) is 0 Å². The van der Waals surface area contributed by atoms with Gasteiger partial charge in [0.05, 0.1) is 32.8 Å². The van der Waals surface area contributed by atoms with Crippen LogP contribution in [0.2, 0.25) is 0 Å². The van der Waals surface area contributed by atoms with E-state index in [0.717, 1.165) is 11.1 Å². The van der Waals surface area contributed by atoms with Gasteiger partial charge >= 0.3 is 0 Å². The summed E-state index contributed by atoms with van der Waals surface area (Å²) in [6, 6.07) is 11.3. The first-order chi connectivity index (χ1) is 14.9. The van der Waals surface area contributed by atoms with Crippen molar-refractivity contribution in [1.29, 1.82) is 0 Å². The van der Waals surface area contributed by atoms with Crippen LogP contribution in [0, 0.1) is 5.92 Å². The Labute approximate surface area is 184 Å². The van der Waals surface area contributed by atoms with Gasteiger partial charge in [-0.15, -0.1) is 0 Å². The molecule has 1 aliphatic rings. The fourth-order valence-electron chi connectivity index (χ4n) is 3.66. The number of carbonyl (C=O) groups is 2. The van der Waals surface area contributed by atoms with Gasteiger partial charge in [-0.1, -0.05) is 32.0 Å². The zero-order valence-electron chi connectivity index (χ0n) is 18.5. The summed E-state index contributed by atoms with van der Waals surface area (Å²) in [6.45, 7) is 6.11. The Kier molecular flexibility index (Phi) is 8.00. The number of methoxy groups -OCH3 is 1. The number of carbonyl (C=O) groups excluding carboxylic acids is 2. The number of pyridine rings is 1. The Morgan fingerprint density at radius 1 is 1.19 bits per heavy atom. The van der Waals surface area contributed by atoms with Gasteiger partial charge < -0.3 is 19.3 Å². The lowest BCUT2D eigenvalue weighted by atomic mass is 10.1. The summed E-state index contributed by atoms with van der Waals surface area (Å²) in [5.74, 6) is 0.906. The summed E-state index contributed by atoms with van der Waals surface area (Å²) in [7, 11) is 1.60. The van der Waals surface area contributed by atoms with E-state index < -0.39 is 0 Å². The molecule has 1 aromatic carbocycles. The van der Waals surface area contributed by atoms with Crippen LogP contribution < -0.4 is 4.74 Å². The first kappa shape index (κ1) is 22.7. The predicted molar refractivity (Wildman–Crippen MR) is 118 cm³/mol. The molecule has 2 aromatic rings. The third kappa shape index (κ3) is 6.79. The summed E-state index contributed by atoms with van der Waals surface area (Å²) < 4.78 is 11.4. The van der Waals surface area contributed by atoms with Crippen molar-refractivity contribution in [3.05, 3.63) is 59.9 Å². The number of nitrogens with zero attached hydrogens (tertiary/aromatic N) is 3. The van der Waals surface area contributed by atoms with Crippen LogP contribution in [-0.2, 0) is 27.4 Å². The number of benzene rings is 1. The van der Waals surface area contributed by atoms with E-state index >= 15 is 0 Å². The molecule has 166 valence electrons. The number of aromatic nitrogens is 1. The van der Waals surface area contributed by atoms with Crippen molar-refractivity contribution in [1.82, 2.24) is 14.8 Å². The van der Waals surface area contributed by atoms with Gasteiger partial charge in [-0.3, -0.25) is 14.6 Å². The highest BCUT2D eigenvalue weighted by Crippen LogP contribution is 2.16. The lowest BCUT2D eigenvalue weighted by Gasteiger charge is -2.26. The molecule has 0 bridgehead atoms. The van der Waals surface area contributed by atoms with Crippen LogP contribution in [0.15, 0.2) is 48.8 Å². The minimum Gasteiger partial charge on any atom is -0.497 e. The minimum atomic E-state index is -0.264. The first-order valence-electron chi connectivity index (χ1n) is 10.6. The second-order valence-corrected chi connectivity index (χ2v) is 8.29. The van der Waals surface area contributed by atoms with E-state index in [2.05, 4.69) is 18.8 Å². The highest BCUT2D eigenvalue weighted by molar-refractivity contribution is 5.86. The van der Waals surface area contributed by atoms with E-state index in [0.29, 0.717) is 37.9 Å². The Balaban J connectivity index is 1.72. The third-order valence-electron chi connectivity index (χ3n) is 5.16. The molecule has 0 saturated carbocycles. The number of hydrogen-bond acceptors (Lipinski definition) is 5. The maximum absolute atomic E-state index is 13.1. The SMILES string of the molecule is COc1cccc(CC(=O)N2CC(=O)N(CC(C)C)CC(OCc3cccnc3)C2)c1. The van der Waals surface area contributed by atoms with Gasteiger partial charge in [-0.05, 0) is 35.2 Å². The van der Waals surface area contributed by atoms with Gasteiger partial charge in [-0.25, -0.2) is 0 Å². The summed E-state index contributed by atoms with van der Waals surface area (Å²) in [4.78, 5) is 33.5. The van der Waals surface area contributed by atoms with Gasteiger partial charge in [0, 0.05) is 32.0 Å². The van der Waals surface area contributed by atoms with Crippen molar-refractivity contribution < 1.29 is 19.1 Å². The lowest BCUT2D eigenvalue weighted by molar-refractivity contribution is -0.138. The van der Waals surface area contributed by atoms with Gasteiger partial charge in [0.2, 0.25) is 11.8 Å². The van der Waals surface area contributed by atoms with E-state index in [1.54, 1.807) is 24.4 Å². The molecular weight excluding hydrogens is 394 g/mol. The molecule has 1 aromatic heterocycles. The van der Waals surface area contributed by atoms with E-state index in [-0.39, 0.29) is 30.9 Å². The molecule has 1 aliphatic heterocycles. The van der Waals surface area contributed by atoms with Crippen molar-refractivity contribution in [2.75, 3.05) is 33.3 Å². The molecule has 2 heterocycles. The quantitative estimate of drug-likeness (QED) is 0.650. The van der Waals surface area contributed by atoms with Crippen LogP contribution in [-0.4, -0.2) is 66.0 Å². The molecule has 1 unspecified atom stereocenters. The van der Waals surface area contributed by atoms with Crippen molar-refractivity contribution in [2.24, 2.45) is 5.92 Å². The molecule has 7 heteroatoms. The van der Waals surface area contributed by atoms with Crippen LogP contribution in [0.4, 0.5) is 0 Å². The molecule has 0 radical (unpaired) electrons. The molecule has 1 fully saturated rings. The fourth-order valence-corrected chi connectivity index (χ4v) is 3.66. The molecule has 1 atom stereocenters. The maximum atomic E-state index is 13.1. The molecule has 0 aliphatic carbocycles. The number of rotatable bonds is 8.